The molecule has 9 nitrogen and oxygen atoms in total. The van der Waals surface area contributed by atoms with Crippen molar-refractivity contribution in [3.05, 3.63) is 0 Å². The van der Waals surface area contributed by atoms with Crippen molar-refractivity contribution in [2.45, 2.75) is 25.3 Å². The highest BCUT2D eigenvalue weighted by atomic mass is 16.6. The van der Waals surface area contributed by atoms with Gasteiger partial charge >= 0.3 is 0 Å². The van der Waals surface area contributed by atoms with Crippen molar-refractivity contribution in [3.63, 3.8) is 0 Å². The minimum atomic E-state index is 0.404. The van der Waals surface area contributed by atoms with Crippen LogP contribution in [0.2, 0.25) is 0 Å². The zero-order valence-electron chi connectivity index (χ0n) is 14.5. The molecule has 0 amide bonds. The van der Waals surface area contributed by atoms with Gasteiger partial charge in [-0.3, -0.25) is 0 Å². The van der Waals surface area contributed by atoms with E-state index in [1.165, 1.54) is 19.3 Å². The molecule has 3 rings (SSSR count). The molecular weight excluding hydrogens is 310 g/mol. The van der Waals surface area contributed by atoms with Crippen LogP contribution in [0.15, 0.2) is 4.63 Å². The van der Waals surface area contributed by atoms with Gasteiger partial charge in [0.05, 0.1) is 6.61 Å². The molecule has 0 aromatic carbocycles. The molecule has 2 aromatic heterocycles. The first-order valence-corrected chi connectivity index (χ1v) is 8.33. The lowest BCUT2D eigenvalue weighted by Gasteiger charge is -2.35. The van der Waals surface area contributed by atoms with Gasteiger partial charge in [0.2, 0.25) is 11.3 Å². The predicted molar refractivity (Wildman–Crippen MR) is 91.3 cm³/mol. The van der Waals surface area contributed by atoms with Crippen LogP contribution in [0.5, 0.6) is 0 Å². The number of fused-ring (bicyclic) bond motifs is 1. The second kappa shape index (κ2) is 7.71. The molecule has 0 spiro atoms. The highest BCUT2D eigenvalue weighted by Crippen LogP contribution is 2.24. The number of rotatable bonds is 7. The van der Waals surface area contributed by atoms with Gasteiger partial charge < -0.3 is 19.9 Å². The lowest BCUT2D eigenvalue weighted by atomic mass is 10.0. The molecule has 1 aliphatic rings. The third-order valence-corrected chi connectivity index (χ3v) is 4.46. The topological polar surface area (TPSA) is 92.4 Å². The number of piperidine rings is 1. The molecule has 1 saturated heterocycles. The SMILES string of the molecule is COCCNc1nc2nonc2nc1N(C)CC1CCCCN1C. The summed E-state index contributed by atoms with van der Waals surface area (Å²) in [5, 5.41) is 10.9. The molecule has 0 bridgehead atoms. The maximum atomic E-state index is 5.09. The van der Waals surface area contributed by atoms with Gasteiger partial charge in [0.1, 0.15) is 0 Å². The van der Waals surface area contributed by atoms with Crippen LogP contribution in [-0.4, -0.2) is 78.7 Å². The van der Waals surface area contributed by atoms with Gasteiger partial charge in [0.15, 0.2) is 11.6 Å². The molecule has 2 aromatic rings. The van der Waals surface area contributed by atoms with Crippen LogP contribution < -0.4 is 10.2 Å². The number of hydrogen-bond acceptors (Lipinski definition) is 9. The van der Waals surface area contributed by atoms with E-state index < -0.39 is 0 Å². The summed E-state index contributed by atoms with van der Waals surface area (Å²) in [6.07, 6.45) is 3.76. The highest BCUT2D eigenvalue weighted by molar-refractivity contribution is 5.73. The Bertz CT molecular complexity index is 662. The van der Waals surface area contributed by atoms with E-state index in [0.29, 0.717) is 36.3 Å². The third kappa shape index (κ3) is 3.73. The lowest BCUT2D eigenvalue weighted by molar-refractivity contribution is 0.189. The summed E-state index contributed by atoms with van der Waals surface area (Å²) >= 11 is 0. The minimum Gasteiger partial charge on any atom is -0.383 e. The average molecular weight is 335 g/mol. The smallest absolute Gasteiger partial charge is 0.245 e. The van der Waals surface area contributed by atoms with Crippen molar-refractivity contribution in [1.82, 2.24) is 25.2 Å². The first kappa shape index (κ1) is 16.8. The predicted octanol–water partition coefficient (Wildman–Crippen LogP) is 0.992. The molecule has 1 unspecified atom stereocenters. The van der Waals surface area contributed by atoms with Gasteiger partial charge in [-0.15, -0.1) is 0 Å². The molecule has 1 fully saturated rings. The Morgan fingerprint density at radius 3 is 2.83 bits per heavy atom. The fourth-order valence-corrected chi connectivity index (χ4v) is 3.06. The first-order chi connectivity index (χ1) is 11.7. The van der Waals surface area contributed by atoms with Crippen LogP contribution in [0.4, 0.5) is 11.6 Å². The third-order valence-electron chi connectivity index (χ3n) is 4.46. The van der Waals surface area contributed by atoms with E-state index in [4.69, 9.17) is 9.37 Å². The van der Waals surface area contributed by atoms with E-state index in [1.54, 1.807) is 7.11 Å². The molecule has 9 heteroatoms. The summed E-state index contributed by atoms with van der Waals surface area (Å²) in [6, 6.07) is 0.517. The Labute approximate surface area is 141 Å². The Morgan fingerprint density at radius 1 is 1.29 bits per heavy atom. The Kier molecular flexibility index (Phi) is 5.41. The van der Waals surface area contributed by atoms with Crippen LogP contribution in [0.25, 0.3) is 11.3 Å². The van der Waals surface area contributed by atoms with Gasteiger partial charge in [-0.1, -0.05) is 6.42 Å². The second-order valence-electron chi connectivity index (χ2n) is 6.24. The van der Waals surface area contributed by atoms with Crippen molar-refractivity contribution >= 4 is 22.9 Å². The molecule has 132 valence electrons. The molecule has 0 radical (unpaired) electrons. The summed E-state index contributed by atoms with van der Waals surface area (Å²) in [5.41, 5.74) is 0.827. The number of ether oxygens (including phenoxy) is 1. The first-order valence-electron chi connectivity index (χ1n) is 8.33. The van der Waals surface area contributed by atoms with E-state index in [1.807, 2.05) is 7.05 Å². The van der Waals surface area contributed by atoms with Crippen LogP contribution in [0.1, 0.15) is 19.3 Å². The molecule has 24 heavy (non-hydrogen) atoms. The van der Waals surface area contributed by atoms with Gasteiger partial charge in [0.25, 0.3) is 0 Å². The number of hydrogen-bond donors (Lipinski definition) is 1. The van der Waals surface area contributed by atoms with Gasteiger partial charge in [-0.2, -0.15) is 0 Å². The van der Waals surface area contributed by atoms with Gasteiger partial charge in [0, 0.05) is 33.3 Å². The Morgan fingerprint density at radius 2 is 2.08 bits per heavy atom. The summed E-state index contributed by atoms with van der Waals surface area (Å²) in [4.78, 5) is 13.6. The molecular formula is C15H25N7O2. The van der Waals surface area contributed by atoms with Crippen LogP contribution in [0, 0.1) is 0 Å². The molecule has 0 saturated carbocycles. The summed E-state index contributed by atoms with van der Waals surface area (Å²) in [5.74, 6) is 1.43. The van der Waals surface area contributed by atoms with E-state index in [0.717, 1.165) is 18.9 Å². The van der Waals surface area contributed by atoms with Crippen molar-refractivity contribution in [1.29, 1.82) is 0 Å². The fraction of sp³-hybridized carbons (Fsp3) is 0.733. The normalized spacial score (nSPS) is 18.9. The minimum absolute atomic E-state index is 0.404. The number of nitrogens with one attached hydrogen (secondary N) is 1. The van der Waals surface area contributed by atoms with E-state index in [-0.39, 0.29) is 0 Å². The number of likely N-dealkylation sites (N-methyl/N-ethyl adjacent to an activating group) is 2. The monoisotopic (exact) mass is 335 g/mol. The second-order valence-corrected chi connectivity index (χ2v) is 6.24. The summed E-state index contributed by atoms with van der Waals surface area (Å²) < 4.78 is 9.84. The van der Waals surface area contributed by atoms with Crippen molar-refractivity contribution in [2.75, 3.05) is 57.7 Å². The van der Waals surface area contributed by atoms with E-state index in [9.17, 15) is 0 Å². The zero-order valence-corrected chi connectivity index (χ0v) is 14.5. The maximum absolute atomic E-state index is 5.09. The number of nitrogens with zero attached hydrogens (tertiary/aromatic N) is 6. The number of likely N-dealkylation sites (tertiary alicyclic amines) is 1. The van der Waals surface area contributed by atoms with Crippen molar-refractivity contribution < 1.29 is 9.37 Å². The van der Waals surface area contributed by atoms with E-state index >= 15 is 0 Å². The summed E-state index contributed by atoms with van der Waals surface area (Å²) in [7, 11) is 5.89. The maximum Gasteiger partial charge on any atom is 0.245 e. The average Bonchev–Trinajstić information content (AvgIpc) is 3.03. The van der Waals surface area contributed by atoms with Gasteiger partial charge in [-0.05, 0) is 36.7 Å². The van der Waals surface area contributed by atoms with Crippen LogP contribution >= 0.6 is 0 Å². The van der Waals surface area contributed by atoms with E-state index in [2.05, 4.69) is 42.4 Å². The molecule has 0 aliphatic carbocycles. The van der Waals surface area contributed by atoms with Crippen molar-refractivity contribution in [2.24, 2.45) is 0 Å². The standard InChI is InChI=1S/C15H25N7O2/c1-21-8-5-4-6-11(21)10-22(2)15-14(16-7-9-23-3)17-12-13(18-15)20-24-19-12/h11H,4-10H2,1-3H3,(H,16,17,19). The fourth-order valence-electron chi connectivity index (χ4n) is 3.06. The molecule has 3 heterocycles. The van der Waals surface area contributed by atoms with Crippen LogP contribution in [-0.2, 0) is 4.74 Å². The van der Waals surface area contributed by atoms with Crippen molar-refractivity contribution in [3.8, 4) is 0 Å². The lowest BCUT2D eigenvalue weighted by Crippen LogP contribution is -2.44. The molecule has 1 aliphatic heterocycles. The van der Waals surface area contributed by atoms with Crippen LogP contribution in [0.3, 0.4) is 0 Å². The Hall–Kier alpha value is -2.00. The quantitative estimate of drug-likeness (QED) is 0.743. The number of methoxy groups -OCH3 is 1. The number of aromatic nitrogens is 4. The Balaban J connectivity index is 1.80. The van der Waals surface area contributed by atoms with Gasteiger partial charge in [-0.25, -0.2) is 14.6 Å². The molecule has 1 N–H and O–H groups in total. The molecule has 1 atom stereocenters. The zero-order chi connectivity index (χ0) is 16.9. The largest absolute Gasteiger partial charge is 0.383 e. The highest BCUT2D eigenvalue weighted by Gasteiger charge is 2.23. The summed E-state index contributed by atoms with van der Waals surface area (Å²) in [6.45, 7) is 3.27. The number of anilines is 2.